The van der Waals surface area contributed by atoms with E-state index in [4.69, 9.17) is 9.84 Å². The number of rotatable bonds is 5. The fraction of sp³-hybridized carbons (Fsp3) is 0.286. The van der Waals surface area contributed by atoms with Crippen molar-refractivity contribution in [3.8, 4) is 17.0 Å². The van der Waals surface area contributed by atoms with Crippen LogP contribution in [-0.2, 0) is 6.18 Å². The number of hydrogen-bond acceptors (Lipinski definition) is 5. The number of aliphatic hydroxyl groups excluding tert-OH is 1. The lowest BCUT2D eigenvalue weighted by atomic mass is 10.1. The third-order valence-corrected chi connectivity index (χ3v) is 2.89. The molecule has 0 aliphatic carbocycles. The maximum absolute atomic E-state index is 13.0. The van der Waals surface area contributed by atoms with Crippen LogP contribution < -0.4 is 10.1 Å². The molecule has 0 aliphatic heterocycles. The lowest BCUT2D eigenvalue weighted by Gasteiger charge is -2.13. The summed E-state index contributed by atoms with van der Waals surface area (Å²) in [4.78, 5) is 7.90. The van der Waals surface area contributed by atoms with Crippen LogP contribution in [0.25, 0.3) is 11.3 Å². The Hall–Kier alpha value is -2.35. The second-order valence-electron chi connectivity index (χ2n) is 4.35. The van der Waals surface area contributed by atoms with Gasteiger partial charge in [0, 0.05) is 18.2 Å². The predicted molar refractivity (Wildman–Crippen MR) is 74.6 cm³/mol. The lowest BCUT2D eigenvalue weighted by molar-refractivity contribution is -0.138. The first kappa shape index (κ1) is 16.0. The Balaban J connectivity index is 2.41. The van der Waals surface area contributed by atoms with Crippen molar-refractivity contribution >= 4 is 5.82 Å². The highest BCUT2D eigenvalue weighted by Crippen LogP contribution is 2.38. The molecule has 0 bridgehead atoms. The van der Waals surface area contributed by atoms with Crippen molar-refractivity contribution in [2.75, 3.05) is 25.6 Å². The van der Waals surface area contributed by atoms with Crippen LogP contribution in [0.2, 0.25) is 0 Å². The minimum absolute atomic E-state index is 0.0832. The summed E-state index contributed by atoms with van der Waals surface area (Å²) in [6.45, 7) is 0.201. The number of anilines is 1. The van der Waals surface area contributed by atoms with E-state index in [1.807, 2.05) is 0 Å². The van der Waals surface area contributed by atoms with Gasteiger partial charge >= 0.3 is 6.18 Å². The zero-order valence-corrected chi connectivity index (χ0v) is 11.7. The minimum atomic E-state index is -4.52. The zero-order valence-electron chi connectivity index (χ0n) is 11.7. The maximum Gasteiger partial charge on any atom is 0.419 e. The van der Waals surface area contributed by atoms with Gasteiger partial charge in [0.2, 0.25) is 0 Å². The molecule has 0 amide bonds. The number of ether oxygens (including phenoxy) is 1. The van der Waals surface area contributed by atoms with Crippen LogP contribution in [0.1, 0.15) is 5.56 Å². The summed E-state index contributed by atoms with van der Waals surface area (Å²) in [6, 6.07) is 5.24. The molecule has 0 radical (unpaired) electrons. The quantitative estimate of drug-likeness (QED) is 0.888. The maximum atomic E-state index is 13.0. The van der Waals surface area contributed by atoms with Gasteiger partial charge in [0.1, 0.15) is 17.9 Å². The average Bonchev–Trinajstić information content (AvgIpc) is 2.51. The lowest BCUT2D eigenvalue weighted by Crippen LogP contribution is -2.08. The molecule has 118 valence electrons. The number of hydrogen-bond donors (Lipinski definition) is 2. The van der Waals surface area contributed by atoms with Gasteiger partial charge in [0.15, 0.2) is 0 Å². The normalized spacial score (nSPS) is 11.3. The van der Waals surface area contributed by atoms with Gasteiger partial charge in [-0.1, -0.05) is 0 Å². The van der Waals surface area contributed by atoms with Crippen LogP contribution in [0.4, 0.5) is 19.0 Å². The number of nitrogens with zero attached hydrogens (tertiary/aromatic N) is 2. The largest absolute Gasteiger partial charge is 0.496 e. The molecule has 8 heteroatoms. The highest BCUT2D eigenvalue weighted by Gasteiger charge is 2.34. The molecule has 2 aromatic rings. The summed E-state index contributed by atoms with van der Waals surface area (Å²) >= 11 is 0. The SMILES string of the molecule is COc1ccc(-c2cc(NCCO)ncn2)cc1C(F)(F)F. The molecule has 1 aromatic carbocycles. The van der Waals surface area contributed by atoms with E-state index >= 15 is 0 Å². The second kappa shape index (κ2) is 6.61. The van der Waals surface area contributed by atoms with Crippen molar-refractivity contribution in [3.05, 3.63) is 36.2 Å². The molecule has 5 nitrogen and oxygen atoms in total. The number of aliphatic hydroxyl groups is 1. The Morgan fingerprint density at radius 3 is 2.64 bits per heavy atom. The van der Waals surface area contributed by atoms with E-state index in [1.165, 1.54) is 31.6 Å². The van der Waals surface area contributed by atoms with Gasteiger partial charge in [-0.05, 0) is 18.2 Å². The first-order valence-corrected chi connectivity index (χ1v) is 6.38. The molecule has 0 aliphatic rings. The Morgan fingerprint density at radius 2 is 2.00 bits per heavy atom. The molecule has 1 heterocycles. The standard InChI is InChI=1S/C14H14F3N3O2/c1-22-12-3-2-9(6-10(12)14(15,16)17)11-7-13(18-4-5-21)20-8-19-11/h2-3,6-8,21H,4-5H2,1H3,(H,18,19,20). The summed E-state index contributed by atoms with van der Waals surface area (Å²) < 4.78 is 43.8. The van der Waals surface area contributed by atoms with Gasteiger partial charge in [-0.2, -0.15) is 13.2 Å². The van der Waals surface area contributed by atoms with Gasteiger partial charge in [0.25, 0.3) is 0 Å². The fourth-order valence-electron chi connectivity index (χ4n) is 1.88. The van der Waals surface area contributed by atoms with Crippen molar-refractivity contribution in [1.82, 2.24) is 9.97 Å². The highest BCUT2D eigenvalue weighted by molar-refractivity contribution is 5.64. The molecule has 1 aromatic heterocycles. The molecule has 22 heavy (non-hydrogen) atoms. The average molecular weight is 313 g/mol. The highest BCUT2D eigenvalue weighted by atomic mass is 19.4. The van der Waals surface area contributed by atoms with Crippen molar-refractivity contribution in [3.63, 3.8) is 0 Å². The first-order chi connectivity index (χ1) is 10.5. The van der Waals surface area contributed by atoms with Crippen LogP contribution in [0, 0.1) is 0 Å². The Morgan fingerprint density at radius 1 is 1.23 bits per heavy atom. The zero-order chi connectivity index (χ0) is 16.2. The number of methoxy groups -OCH3 is 1. The number of benzene rings is 1. The Labute approximate surface area is 124 Å². The number of halogens is 3. The predicted octanol–water partition coefficient (Wildman–Crippen LogP) is 2.58. The molecule has 2 rings (SSSR count). The van der Waals surface area contributed by atoms with E-state index in [0.717, 1.165) is 6.07 Å². The number of alkyl halides is 3. The van der Waals surface area contributed by atoms with Gasteiger partial charge in [-0.15, -0.1) is 0 Å². The fourth-order valence-corrected chi connectivity index (χ4v) is 1.88. The second-order valence-corrected chi connectivity index (χ2v) is 4.35. The third kappa shape index (κ3) is 3.64. The van der Waals surface area contributed by atoms with Gasteiger partial charge in [-0.3, -0.25) is 0 Å². The van der Waals surface area contributed by atoms with Crippen LogP contribution in [0.3, 0.4) is 0 Å². The van der Waals surface area contributed by atoms with Crippen molar-refractivity contribution in [2.45, 2.75) is 6.18 Å². The topological polar surface area (TPSA) is 67.3 Å². The molecule has 2 N–H and O–H groups in total. The van der Waals surface area contributed by atoms with E-state index in [2.05, 4.69) is 15.3 Å². The van der Waals surface area contributed by atoms with Crippen LogP contribution >= 0.6 is 0 Å². The van der Waals surface area contributed by atoms with Crippen molar-refractivity contribution in [2.24, 2.45) is 0 Å². The van der Waals surface area contributed by atoms with Gasteiger partial charge in [-0.25, -0.2) is 9.97 Å². The molecule has 0 fully saturated rings. The van der Waals surface area contributed by atoms with Crippen LogP contribution in [-0.4, -0.2) is 35.3 Å². The summed E-state index contributed by atoms with van der Waals surface area (Å²) in [5.74, 6) is 0.173. The summed E-state index contributed by atoms with van der Waals surface area (Å²) in [5, 5.41) is 11.6. The van der Waals surface area contributed by atoms with E-state index < -0.39 is 11.7 Å². The summed E-state index contributed by atoms with van der Waals surface area (Å²) in [5.41, 5.74) is -0.234. The molecular formula is C14H14F3N3O2. The van der Waals surface area contributed by atoms with Gasteiger partial charge < -0.3 is 15.2 Å². The van der Waals surface area contributed by atoms with Gasteiger partial charge in [0.05, 0.1) is 25.0 Å². The van der Waals surface area contributed by atoms with E-state index in [9.17, 15) is 13.2 Å². The Bertz CT molecular complexity index is 647. The molecule has 0 saturated heterocycles. The van der Waals surface area contributed by atoms with Crippen LogP contribution in [0.5, 0.6) is 5.75 Å². The monoisotopic (exact) mass is 313 g/mol. The molecule has 0 atom stereocenters. The van der Waals surface area contributed by atoms with Crippen molar-refractivity contribution < 1.29 is 23.0 Å². The summed E-state index contributed by atoms with van der Waals surface area (Å²) in [6.07, 6.45) is -3.28. The van der Waals surface area contributed by atoms with Crippen LogP contribution in [0.15, 0.2) is 30.6 Å². The number of aromatic nitrogens is 2. The van der Waals surface area contributed by atoms with E-state index in [0.29, 0.717) is 17.1 Å². The molecular weight excluding hydrogens is 299 g/mol. The van der Waals surface area contributed by atoms with Crippen molar-refractivity contribution in [1.29, 1.82) is 0 Å². The molecule has 0 spiro atoms. The molecule has 0 saturated carbocycles. The van der Waals surface area contributed by atoms with E-state index in [-0.39, 0.29) is 18.9 Å². The Kier molecular flexibility index (Phi) is 4.81. The number of nitrogens with one attached hydrogen (secondary N) is 1. The first-order valence-electron chi connectivity index (χ1n) is 6.38. The van der Waals surface area contributed by atoms with E-state index in [1.54, 1.807) is 0 Å². The minimum Gasteiger partial charge on any atom is -0.496 e. The third-order valence-electron chi connectivity index (χ3n) is 2.89. The summed E-state index contributed by atoms with van der Waals surface area (Å²) in [7, 11) is 1.19. The molecule has 0 unspecified atom stereocenters. The smallest absolute Gasteiger partial charge is 0.419 e.